The zero-order valence-corrected chi connectivity index (χ0v) is 17.4. The van der Waals surface area contributed by atoms with Gasteiger partial charge in [0, 0.05) is 44.9 Å². The van der Waals surface area contributed by atoms with E-state index in [9.17, 15) is 0 Å². The number of likely N-dealkylation sites (tertiary alicyclic amines) is 1. The molecule has 0 aliphatic carbocycles. The zero-order chi connectivity index (χ0) is 20.6. The number of nitrogens with zero attached hydrogens (tertiary/aromatic N) is 4. The van der Waals surface area contributed by atoms with Gasteiger partial charge in [-0.15, -0.1) is 0 Å². The number of para-hydroxylation sites is 2. The highest BCUT2D eigenvalue weighted by atomic mass is 16.5. The molecule has 156 valence electrons. The minimum Gasteiger partial charge on any atom is -0.490 e. The van der Waals surface area contributed by atoms with Crippen LogP contribution in [0.15, 0.2) is 78.3 Å². The van der Waals surface area contributed by atoms with Gasteiger partial charge in [0.25, 0.3) is 0 Å². The van der Waals surface area contributed by atoms with E-state index in [0.717, 1.165) is 49.9 Å². The van der Waals surface area contributed by atoms with Crippen LogP contribution in [-0.4, -0.2) is 46.1 Å². The summed E-state index contributed by atoms with van der Waals surface area (Å²) in [6.07, 6.45) is 7.83. The SMILES string of the molecule is CCNC(=NCc1ccccc1-n1ccnc1)N1CCC(Oc2ccccc2)CC1. The number of aromatic nitrogens is 2. The van der Waals surface area contributed by atoms with E-state index in [0.29, 0.717) is 6.54 Å². The van der Waals surface area contributed by atoms with Crippen molar-refractivity contribution in [2.45, 2.75) is 32.4 Å². The number of imidazole rings is 1. The molecule has 1 aliphatic rings. The highest BCUT2D eigenvalue weighted by molar-refractivity contribution is 5.80. The standard InChI is InChI=1S/C24H29N5O/c1-2-26-24(27-18-20-8-6-7-11-23(20)29-17-14-25-19-29)28-15-12-22(13-16-28)30-21-9-4-3-5-10-21/h3-11,14,17,19,22H,2,12-13,15-16,18H2,1H3,(H,26,27). The third kappa shape index (κ3) is 5.00. The molecule has 0 spiro atoms. The minimum atomic E-state index is 0.258. The number of nitrogens with one attached hydrogen (secondary N) is 1. The van der Waals surface area contributed by atoms with E-state index in [-0.39, 0.29) is 6.10 Å². The molecule has 0 atom stereocenters. The lowest BCUT2D eigenvalue weighted by Crippen LogP contribution is -2.47. The number of hydrogen-bond donors (Lipinski definition) is 1. The van der Waals surface area contributed by atoms with Crippen LogP contribution in [0.3, 0.4) is 0 Å². The Morgan fingerprint density at radius 2 is 1.87 bits per heavy atom. The topological polar surface area (TPSA) is 54.7 Å². The number of ether oxygens (including phenoxy) is 1. The molecule has 30 heavy (non-hydrogen) atoms. The summed E-state index contributed by atoms with van der Waals surface area (Å²) >= 11 is 0. The van der Waals surface area contributed by atoms with Gasteiger partial charge in [-0.1, -0.05) is 36.4 Å². The van der Waals surface area contributed by atoms with Gasteiger partial charge in [0.05, 0.1) is 18.6 Å². The van der Waals surface area contributed by atoms with Crippen LogP contribution in [0, 0.1) is 0 Å². The van der Waals surface area contributed by atoms with E-state index in [1.54, 1.807) is 6.20 Å². The van der Waals surface area contributed by atoms with Crippen molar-refractivity contribution >= 4 is 5.96 Å². The van der Waals surface area contributed by atoms with Crippen molar-refractivity contribution in [1.29, 1.82) is 0 Å². The number of hydrogen-bond acceptors (Lipinski definition) is 3. The van der Waals surface area contributed by atoms with Crippen LogP contribution in [0.1, 0.15) is 25.3 Å². The van der Waals surface area contributed by atoms with Crippen molar-refractivity contribution in [3.63, 3.8) is 0 Å². The second-order valence-electron chi connectivity index (χ2n) is 7.39. The van der Waals surface area contributed by atoms with Gasteiger partial charge in [-0.05, 0) is 30.7 Å². The van der Waals surface area contributed by atoms with Crippen LogP contribution in [0.25, 0.3) is 5.69 Å². The first-order valence-corrected chi connectivity index (χ1v) is 10.6. The second kappa shape index (κ2) is 9.96. The Bertz CT molecular complexity index is 931. The molecule has 2 aromatic carbocycles. The Morgan fingerprint density at radius 1 is 1.10 bits per heavy atom. The van der Waals surface area contributed by atoms with E-state index in [4.69, 9.17) is 9.73 Å². The molecule has 0 unspecified atom stereocenters. The highest BCUT2D eigenvalue weighted by Gasteiger charge is 2.22. The molecule has 0 amide bonds. The van der Waals surface area contributed by atoms with Gasteiger partial charge in [0.1, 0.15) is 11.9 Å². The molecule has 1 fully saturated rings. The van der Waals surface area contributed by atoms with Gasteiger partial charge in [0.2, 0.25) is 0 Å². The summed E-state index contributed by atoms with van der Waals surface area (Å²) < 4.78 is 8.17. The summed E-state index contributed by atoms with van der Waals surface area (Å²) in [7, 11) is 0. The third-order valence-corrected chi connectivity index (χ3v) is 5.30. The fourth-order valence-corrected chi connectivity index (χ4v) is 3.76. The predicted octanol–water partition coefficient (Wildman–Crippen LogP) is 3.88. The van der Waals surface area contributed by atoms with Crippen molar-refractivity contribution in [2.24, 2.45) is 4.99 Å². The summed E-state index contributed by atoms with van der Waals surface area (Å²) in [6, 6.07) is 18.4. The second-order valence-corrected chi connectivity index (χ2v) is 7.39. The van der Waals surface area contributed by atoms with Gasteiger partial charge in [-0.2, -0.15) is 0 Å². The first-order chi connectivity index (χ1) is 14.8. The predicted molar refractivity (Wildman–Crippen MR) is 120 cm³/mol. The molecule has 6 heteroatoms. The summed E-state index contributed by atoms with van der Waals surface area (Å²) in [6.45, 7) is 5.46. The number of benzene rings is 2. The molecule has 6 nitrogen and oxygen atoms in total. The van der Waals surface area contributed by atoms with Crippen LogP contribution >= 0.6 is 0 Å². The fourth-order valence-electron chi connectivity index (χ4n) is 3.76. The Hall–Kier alpha value is -3.28. The summed E-state index contributed by atoms with van der Waals surface area (Å²) in [5.41, 5.74) is 2.29. The highest BCUT2D eigenvalue weighted by Crippen LogP contribution is 2.19. The van der Waals surface area contributed by atoms with Crippen LogP contribution in [0.5, 0.6) is 5.75 Å². The molecule has 4 rings (SSSR count). The normalized spacial score (nSPS) is 15.2. The third-order valence-electron chi connectivity index (χ3n) is 5.30. The Balaban J connectivity index is 1.41. The van der Waals surface area contributed by atoms with Gasteiger partial charge >= 0.3 is 0 Å². The largest absolute Gasteiger partial charge is 0.490 e. The maximum Gasteiger partial charge on any atom is 0.194 e. The average Bonchev–Trinajstić information content (AvgIpc) is 3.33. The lowest BCUT2D eigenvalue weighted by Gasteiger charge is -2.34. The van der Waals surface area contributed by atoms with Crippen molar-refractivity contribution in [3.8, 4) is 11.4 Å². The summed E-state index contributed by atoms with van der Waals surface area (Å²) in [4.78, 5) is 11.5. The molecule has 0 bridgehead atoms. The molecular formula is C24H29N5O. The van der Waals surface area contributed by atoms with E-state index >= 15 is 0 Å². The molecule has 0 radical (unpaired) electrons. The van der Waals surface area contributed by atoms with Crippen molar-refractivity contribution in [3.05, 3.63) is 78.9 Å². The Kier molecular flexibility index (Phi) is 6.65. The minimum absolute atomic E-state index is 0.258. The number of rotatable bonds is 6. The van der Waals surface area contributed by atoms with E-state index in [2.05, 4.69) is 40.3 Å². The summed E-state index contributed by atoms with van der Waals surface area (Å²) in [5, 5.41) is 3.46. The lowest BCUT2D eigenvalue weighted by atomic mass is 10.1. The zero-order valence-electron chi connectivity index (χ0n) is 17.4. The molecule has 1 aliphatic heterocycles. The van der Waals surface area contributed by atoms with Gasteiger partial charge in [0.15, 0.2) is 5.96 Å². The lowest BCUT2D eigenvalue weighted by molar-refractivity contribution is 0.129. The maximum absolute atomic E-state index is 6.13. The van der Waals surface area contributed by atoms with Crippen LogP contribution in [0.2, 0.25) is 0 Å². The van der Waals surface area contributed by atoms with E-state index < -0.39 is 0 Å². The Morgan fingerprint density at radius 3 is 2.60 bits per heavy atom. The van der Waals surface area contributed by atoms with E-state index in [1.807, 2.05) is 53.5 Å². The molecular weight excluding hydrogens is 374 g/mol. The van der Waals surface area contributed by atoms with Gasteiger partial charge in [-0.25, -0.2) is 9.98 Å². The molecule has 1 N–H and O–H groups in total. The van der Waals surface area contributed by atoms with Gasteiger partial charge in [-0.3, -0.25) is 0 Å². The number of aliphatic imine (C=N–C) groups is 1. The van der Waals surface area contributed by atoms with Crippen molar-refractivity contribution in [1.82, 2.24) is 19.8 Å². The quantitative estimate of drug-likeness (QED) is 0.501. The van der Waals surface area contributed by atoms with Crippen LogP contribution < -0.4 is 10.1 Å². The fraction of sp³-hybridized carbons (Fsp3) is 0.333. The first kappa shape index (κ1) is 20.0. The maximum atomic E-state index is 6.13. The number of piperidine rings is 1. The molecule has 0 saturated carbocycles. The van der Waals surface area contributed by atoms with Gasteiger partial charge < -0.3 is 19.5 Å². The van der Waals surface area contributed by atoms with Crippen molar-refractivity contribution < 1.29 is 4.74 Å². The van der Waals surface area contributed by atoms with Crippen molar-refractivity contribution in [2.75, 3.05) is 19.6 Å². The number of guanidine groups is 1. The molecule has 1 aromatic heterocycles. The Labute approximate surface area is 178 Å². The first-order valence-electron chi connectivity index (χ1n) is 10.6. The monoisotopic (exact) mass is 403 g/mol. The van der Waals surface area contributed by atoms with E-state index in [1.165, 1.54) is 5.56 Å². The summed E-state index contributed by atoms with van der Waals surface area (Å²) in [5.74, 6) is 1.92. The van der Waals surface area contributed by atoms with Crippen LogP contribution in [0.4, 0.5) is 0 Å². The smallest absolute Gasteiger partial charge is 0.194 e. The van der Waals surface area contributed by atoms with Crippen LogP contribution in [-0.2, 0) is 6.54 Å². The average molecular weight is 404 g/mol. The molecule has 2 heterocycles. The molecule has 1 saturated heterocycles. The molecule has 3 aromatic rings.